The summed E-state index contributed by atoms with van der Waals surface area (Å²) < 4.78 is 26.4. The van der Waals surface area contributed by atoms with E-state index in [9.17, 15) is 8.78 Å². The van der Waals surface area contributed by atoms with Gasteiger partial charge in [0.05, 0.1) is 5.56 Å². The predicted molar refractivity (Wildman–Crippen MR) is 64.2 cm³/mol. The van der Waals surface area contributed by atoms with Gasteiger partial charge in [0.25, 0.3) is 0 Å². The second-order valence-corrected chi connectivity index (χ2v) is 4.51. The van der Waals surface area contributed by atoms with Gasteiger partial charge in [-0.2, -0.15) is 11.3 Å². The van der Waals surface area contributed by atoms with Gasteiger partial charge in [-0.05, 0) is 29.0 Å². The van der Waals surface area contributed by atoms with Crippen molar-refractivity contribution in [2.24, 2.45) is 4.99 Å². The normalized spacial score (nSPS) is 16.7. The van der Waals surface area contributed by atoms with Crippen molar-refractivity contribution in [2.45, 2.75) is 6.23 Å². The number of halogens is 3. The van der Waals surface area contributed by atoms with Crippen LogP contribution in [0, 0.1) is 11.6 Å². The molecule has 0 aliphatic carbocycles. The minimum Gasteiger partial charge on any atom is -1.00 e. The van der Waals surface area contributed by atoms with Crippen molar-refractivity contribution < 1.29 is 55.6 Å². The fraction of sp³-hybridized carbons (Fsp3) is 0.0833. The van der Waals surface area contributed by atoms with Crippen LogP contribution in [-0.4, -0.2) is 5.84 Å². The Labute approximate surface area is 146 Å². The van der Waals surface area contributed by atoms with Crippen LogP contribution in [0.5, 0.6) is 0 Å². The molecule has 1 atom stereocenters. The molecule has 0 radical (unpaired) electrons. The Morgan fingerprint density at radius 3 is 2.70 bits per heavy atom. The first-order valence-corrected chi connectivity index (χ1v) is 6.15. The number of thiophene rings is 1. The van der Waals surface area contributed by atoms with Gasteiger partial charge in [0.2, 0.25) is 6.23 Å². The van der Waals surface area contributed by atoms with E-state index in [0.29, 0.717) is 0 Å². The smallest absolute Gasteiger partial charge is 1.00 e. The van der Waals surface area contributed by atoms with Gasteiger partial charge in [0, 0.05) is 11.6 Å². The minimum atomic E-state index is -0.671. The summed E-state index contributed by atoms with van der Waals surface area (Å²) in [5.41, 5.74) is 3.65. The summed E-state index contributed by atoms with van der Waals surface area (Å²) in [5.74, 6) is -1.02. The Hall–Kier alpha value is -0.500. The molecule has 0 spiro atoms. The SMILES string of the molecule is Fc1ccc(C2=NC(c3ccsc3)ON2)c(F)c1.[Cl-].[Na+]. The Bertz CT molecular complexity index is 610. The third-order valence-electron chi connectivity index (χ3n) is 2.53. The van der Waals surface area contributed by atoms with Gasteiger partial charge in [0.1, 0.15) is 11.6 Å². The molecule has 20 heavy (non-hydrogen) atoms. The molecule has 2 aromatic rings. The first kappa shape index (κ1) is 17.6. The average Bonchev–Trinajstić information content (AvgIpc) is 2.99. The topological polar surface area (TPSA) is 33.6 Å². The maximum atomic E-state index is 13.6. The van der Waals surface area contributed by atoms with Crippen LogP contribution in [0.4, 0.5) is 8.78 Å². The molecular formula is C12H8ClF2N2NaOS. The summed E-state index contributed by atoms with van der Waals surface area (Å²) in [5, 5.41) is 3.81. The van der Waals surface area contributed by atoms with Crippen molar-refractivity contribution in [1.82, 2.24) is 5.48 Å². The Morgan fingerprint density at radius 2 is 2.05 bits per heavy atom. The van der Waals surface area contributed by atoms with Gasteiger partial charge in [-0.3, -0.25) is 0 Å². The van der Waals surface area contributed by atoms with E-state index in [2.05, 4.69) is 10.5 Å². The van der Waals surface area contributed by atoms with Crippen molar-refractivity contribution in [3.05, 3.63) is 57.8 Å². The van der Waals surface area contributed by atoms with E-state index >= 15 is 0 Å². The number of hydroxylamine groups is 1. The summed E-state index contributed by atoms with van der Waals surface area (Å²) in [6.45, 7) is 0. The van der Waals surface area contributed by atoms with Crippen molar-refractivity contribution in [3.8, 4) is 0 Å². The second-order valence-electron chi connectivity index (χ2n) is 3.73. The van der Waals surface area contributed by atoms with E-state index in [1.54, 1.807) is 0 Å². The molecule has 1 unspecified atom stereocenters. The number of nitrogens with zero attached hydrogens (tertiary/aromatic N) is 1. The van der Waals surface area contributed by atoms with E-state index in [1.165, 1.54) is 23.5 Å². The predicted octanol–water partition coefficient (Wildman–Crippen LogP) is -2.99. The number of benzene rings is 1. The second kappa shape index (κ2) is 7.49. The van der Waals surface area contributed by atoms with Crippen molar-refractivity contribution in [3.63, 3.8) is 0 Å². The standard InChI is InChI=1S/C12H8F2N2OS.ClH.Na/c13-8-1-2-9(10(14)5-8)11-15-12(17-16-11)7-3-4-18-6-7;;/h1-6,12H,(H,15,16);1H;/q;;+1/p-1. The van der Waals surface area contributed by atoms with E-state index < -0.39 is 17.9 Å². The summed E-state index contributed by atoms with van der Waals surface area (Å²) in [4.78, 5) is 9.46. The number of nitrogens with one attached hydrogen (secondary N) is 1. The fourth-order valence-electron chi connectivity index (χ4n) is 1.65. The third-order valence-corrected chi connectivity index (χ3v) is 3.23. The van der Waals surface area contributed by atoms with E-state index in [1.807, 2.05) is 16.8 Å². The van der Waals surface area contributed by atoms with Gasteiger partial charge < -0.3 is 12.4 Å². The molecule has 3 rings (SSSR count). The molecule has 1 aromatic heterocycles. The van der Waals surface area contributed by atoms with Crippen LogP contribution in [0.3, 0.4) is 0 Å². The van der Waals surface area contributed by atoms with Gasteiger partial charge in [-0.25, -0.2) is 24.1 Å². The van der Waals surface area contributed by atoms with Crippen LogP contribution in [0.2, 0.25) is 0 Å². The summed E-state index contributed by atoms with van der Waals surface area (Å²) >= 11 is 1.53. The first-order chi connectivity index (χ1) is 8.74. The van der Waals surface area contributed by atoms with Gasteiger partial charge in [-0.1, -0.05) is 0 Å². The molecule has 0 saturated heterocycles. The molecule has 0 amide bonds. The summed E-state index contributed by atoms with van der Waals surface area (Å²) in [6, 6.07) is 5.21. The molecule has 100 valence electrons. The van der Waals surface area contributed by atoms with Crippen LogP contribution in [0.15, 0.2) is 40.0 Å². The first-order valence-electron chi connectivity index (χ1n) is 5.21. The average molecular weight is 325 g/mol. The summed E-state index contributed by atoms with van der Waals surface area (Å²) in [6.07, 6.45) is -0.490. The molecule has 1 aromatic carbocycles. The number of hydrogen-bond acceptors (Lipinski definition) is 4. The van der Waals surface area contributed by atoms with Crippen LogP contribution >= 0.6 is 11.3 Å². The Morgan fingerprint density at radius 1 is 1.25 bits per heavy atom. The zero-order valence-corrected chi connectivity index (χ0v) is 14.0. The maximum absolute atomic E-state index is 13.6. The monoisotopic (exact) mass is 324 g/mol. The molecular weight excluding hydrogens is 317 g/mol. The molecule has 0 saturated carbocycles. The van der Waals surface area contributed by atoms with Crippen LogP contribution < -0.4 is 47.4 Å². The van der Waals surface area contributed by atoms with E-state index in [0.717, 1.165) is 11.6 Å². The zero-order valence-electron chi connectivity index (χ0n) is 10.4. The zero-order chi connectivity index (χ0) is 12.5. The third kappa shape index (κ3) is 3.58. The molecule has 3 nitrogen and oxygen atoms in total. The van der Waals surface area contributed by atoms with E-state index in [-0.39, 0.29) is 53.4 Å². The number of aliphatic imine (C=N–C) groups is 1. The molecule has 8 heteroatoms. The van der Waals surface area contributed by atoms with Crippen molar-refractivity contribution in [2.75, 3.05) is 0 Å². The number of rotatable bonds is 2. The van der Waals surface area contributed by atoms with Crippen molar-refractivity contribution >= 4 is 17.2 Å². The molecule has 2 heterocycles. The van der Waals surface area contributed by atoms with E-state index in [4.69, 9.17) is 4.84 Å². The Balaban J connectivity index is 0.000001000. The minimum absolute atomic E-state index is 0. The molecule has 1 aliphatic heterocycles. The quantitative estimate of drug-likeness (QED) is 0.598. The fourth-order valence-corrected chi connectivity index (χ4v) is 2.31. The number of hydrogen-bond donors (Lipinski definition) is 1. The largest absolute Gasteiger partial charge is 1.00 e. The van der Waals surface area contributed by atoms with Gasteiger partial charge in [-0.15, -0.1) is 0 Å². The van der Waals surface area contributed by atoms with Crippen LogP contribution in [0.25, 0.3) is 0 Å². The Kier molecular flexibility index (Phi) is 6.57. The molecule has 0 bridgehead atoms. The number of amidine groups is 1. The molecule has 1 N–H and O–H groups in total. The van der Waals surface area contributed by atoms with Crippen LogP contribution in [0.1, 0.15) is 17.4 Å². The summed E-state index contributed by atoms with van der Waals surface area (Å²) in [7, 11) is 0. The van der Waals surface area contributed by atoms with Crippen molar-refractivity contribution in [1.29, 1.82) is 0 Å². The molecule has 1 aliphatic rings. The molecule has 0 fully saturated rings. The maximum Gasteiger partial charge on any atom is 1.00 e. The van der Waals surface area contributed by atoms with Gasteiger partial charge in [0.15, 0.2) is 5.84 Å². The van der Waals surface area contributed by atoms with Gasteiger partial charge >= 0.3 is 29.6 Å². The van der Waals surface area contributed by atoms with Crippen LogP contribution in [-0.2, 0) is 4.84 Å².